The van der Waals surface area contributed by atoms with Crippen LogP contribution in [0, 0.1) is 0 Å². The Morgan fingerprint density at radius 2 is 1.77 bits per heavy atom. The van der Waals surface area contributed by atoms with Crippen LogP contribution in [0.4, 0.5) is 0 Å². The lowest BCUT2D eigenvalue weighted by Crippen LogP contribution is -2.51. The minimum absolute atomic E-state index is 0.0515. The highest BCUT2D eigenvalue weighted by molar-refractivity contribution is 7.98. The molecular weight excluding hydrogens is 420 g/mol. The molecule has 3 aromatic rings. The molecule has 0 saturated carbocycles. The fourth-order valence-corrected chi connectivity index (χ4v) is 5.49. The van der Waals surface area contributed by atoms with Crippen molar-refractivity contribution in [3.63, 3.8) is 0 Å². The van der Waals surface area contributed by atoms with E-state index in [0.717, 1.165) is 21.8 Å². The van der Waals surface area contributed by atoms with Gasteiger partial charge in [0.1, 0.15) is 0 Å². The van der Waals surface area contributed by atoms with Crippen molar-refractivity contribution in [2.75, 3.05) is 31.9 Å². The number of hydrogen-bond acceptors (Lipinski definition) is 5. The molecule has 30 heavy (non-hydrogen) atoms. The van der Waals surface area contributed by atoms with Gasteiger partial charge in [-0.3, -0.25) is 4.79 Å². The number of para-hydroxylation sites is 2. The van der Waals surface area contributed by atoms with Gasteiger partial charge in [0.25, 0.3) is 5.91 Å². The first-order valence-electron chi connectivity index (χ1n) is 9.90. The molecule has 1 aromatic heterocycles. The van der Waals surface area contributed by atoms with Gasteiger partial charge in [-0.25, -0.2) is 13.4 Å². The van der Waals surface area contributed by atoms with Gasteiger partial charge in [-0.2, -0.15) is 4.31 Å². The zero-order chi connectivity index (χ0) is 21.1. The number of imidazole rings is 1. The van der Waals surface area contributed by atoms with Crippen molar-refractivity contribution in [1.82, 2.24) is 19.2 Å². The quantitative estimate of drug-likeness (QED) is 0.591. The number of thioether (sulfide) groups is 1. The van der Waals surface area contributed by atoms with Gasteiger partial charge in [-0.15, -0.1) is 0 Å². The largest absolute Gasteiger partial charge is 0.336 e. The first-order valence-corrected chi connectivity index (χ1v) is 12.5. The normalized spacial score (nSPS) is 15.6. The summed E-state index contributed by atoms with van der Waals surface area (Å²) in [6.07, 6.45) is 0. The van der Waals surface area contributed by atoms with Gasteiger partial charge >= 0.3 is 0 Å². The number of H-pyrrole nitrogens is 1. The van der Waals surface area contributed by atoms with Gasteiger partial charge < -0.3 is 9.88 Å². The monoisotopic (exact) mass is 444 g/mol. The average Bonchev–Trinajstić information content (AvgIpc) is 3.20. The number of sulfonamides is 1. The van der Waals surface area contributed by atoms with Crippen molar-refractivity contribution in [2.24, 2.45) is 0 Å². The number of carbonyl (C=O) groups is 1. The first-order chi connectivity index (χ1) is 14.5. The second kappa shape index (κ2) is 8.79. The third-order valence-electron chi connectivity index (χ3n) is 5.26. The van der Waals surface area contributed by atoms with Crippen LogP contribution >= 0.6 is 11.8 Å². The van der Waals surface area contributed by atoms with Crippen molar-refractivity contribution in [3.05, 3.63) is 59.7 Å². The molecule has 1 aliphatic rings. The van der Waals surface area contributed by atoms with Crippen molar-refractivity contribution >= 4 is 38.7 Å². The van der Waals surface area contributed by atoms with E-state index in [0.29, 0.717) is 37.5 Å². The lowest BCUT2D eigenvalue weighted by molar-refractivity contribution is 0.0697. The van der Waals surface area contributed by atoms with E-state index in [1.807, 2.05) is 48.5 Å². The Hall–Kier alpha value is -2.36. The van der Waals surface area contributed by atoms with Crippen LogP contribution in [0.3, 0.4) is 0 Å². The first kappa shape index (κ1) is 20.9. The standard InChI is InChI=1S/C21H24N4O3S2/c1-2-30(27,28)25-13-11-24(12-14-25)20(26)17-8-4-3-7-16(17)15-29-21-22-18-9-5-6-10-19(18)23-21/h3-10H,2,11-15H2,1H3,(H,22,23). The summed E-state index contributed by atoms with van der Waals surface area (Å²) in [5.74, 6) is 0.652. The van der Waals surface area contributed by atoms with E-state index < -0.39 is 10.0 Å². The smallest absolute Gasteiger partial charge is 0.254 e. The van der Waals surface area contributed by atoms with Crippen LogP contribution < -0.4 is 0 Å². The fraction of sp³-hybridized carbons (Fsp3) is 0.333. The molecule has 1 aliphatic heterocycles. The second-order valence-corrected chi connectivity index (χ2v) is 10.3. The molecule has 2 aromatic carbocycles. The molecule has 0 unspecified atom stereocenters. The maximum Gasteiger partial charge on any atom is 0.254 e. The van der Waals surface area contributed by atoms with Crippen LogP contribution in [0.25, 0.3) is 11.0 Å². The maximum absolute atomic E-state index is 13.1. The summed E-state index contributed by atoms with van der Waals surface area (Å²) in [6, 6.07) is 15.5. The highest BCUT2D eigenvalue weighted by Gasteiger charge is 2.28. The second-order valence-electron chi connectivity index (χ2n) is 7.10. The molecule has 1 saturated heterocycles. The molecule has 0 radical (unpaired) electrons. The van der Waals surface area contributed by atoms with Crippen LogP contribution in [0.5, 0.6) is 0 Å². The number of nitrogens with one attached hydrogen (secondary N) is 1. The zero-order valence-electron chi connectivity index (χ0n) is 16.7. The van der Waals surface area contributed by atoms with Crippen LogP contribution in [0.2, 0.25) is 0 Å². The van der Waals surface area contributed by atoms with Crippen molar-refractivity contribution in [1.29, 1.82) is 0 Å². The molecule has 158 valence electrons. The Morgan fingerprint density at radius 1 is 1.07 bits per heavy atom. The molecular formula is C21H24N4O3S2. The Bertz CT molecular complexity index is 1120. The highest BCUT2D eigenvalue weighted by atomic mass is 32.2. The minimum Gasteiger partial charge on any atom is -0.336 e. The number of aromatic nitrogens is 2. The van der Waals surface area contributed by atoms with E-state index in [-0.39, 0.29) is 11.7 Å². The number of hydrogen-bond donors (Lipinski definition) is 1. The van der Waals surface area contributed by atoms with E-state index in [1.54, 1.807) is 23.6 Å². The summed E-state index contributed by atoms with van der Waals surface area (Å²) in [7, 11) is -3.21. The molecule has 1 N–H and O–H groups in total. The third-order valence-corrected chi connectivity index (χ3v) is 8.07. The molecule has 1 fully saturated rings. The number of amides is 1. The predicted molar refractivity (Wildman–Crippen MR) is 119 cm³/mol. The van der Waals surface area contributed by atoms with Gasteiger partial charge in [0.2, 0.25) is 10.0 Å². The van der Waals surface area contributed by atoms with E-state index >= 15 is 0 Å². The summed E-state index contributed by atoms with van der Waals surface area (Å²) in [5, 5.41) is 0.817. The van der Waals surface area contributed by atoms with E-state index in [2.05, 4.69) is 9.97 Å². The number of aromatic amines is 1. The highest BCUT2D eigenvalue weighted by Crippen LogP contribution is 2.25. The van der Waals surface area contributed by atoms with Gasteiger partial charge in [-0.05, 0) is 30.7 Å². The van der Waals surface area contributed by atoms with Gasteiger partial charge in [0.05, 0.1) is 16.8 Å². The molecule has 2 heterocycles. The number of fused-ring (bicyclic) bond motifs is 1. The lowest BCUT2D eigenvalue weighted by Gasteiger charge is -2.34. The fourth-order valence-electron chi connectivity index (χ4n) is 3.52. The summed E-state index contributed by atoms with van der Waals surface area (Å²) in [5.41, 5.74) is 3.51. The maximum atomic E-state index is 13.1. The molecule has 0 aliphatic carbocycles. The van der Waals surface area contributed by atoms with Crippen molar-refractivity contribution in [2.45, 2.75) is 17.8 Å². The third kappa shape index (κ3) is 4.38. The molecule has 4 rings (SSSR count). The molecule has 7 nitrogen and oxygen atoms in total. The molecule has 0 atom stereocenters. The SMILES string of the molecule is CCS(=O)(=O)N1CCN(C(=O)c2ccccc2CSc2nc3ccccc3[nH]2)CC1. The summed E-state index contributed by atoms with van der Waals surface area (Å²) >= 11 is 1.56. The summed E-state index contributed by atoms with van der Waals surface area (Å²) < 4.78 is 25.6. The number of benzene rings is 2. The zero-order valence-corrected chi connectivity index (χ0v) is 18.4. The number of piperazine rings is 1. The average molecular weight is 445 g/mol. The van der Waals surface area contributed by atoms with Gasteiger partial charge in [-0.1, -0.05) is 42.1 Å². The van der Waals surface area contributed by atoms with Crippen molar-refractivity contribution in [3.8, 4) is 0 Å². The van der Waals surface area contributed by atoms with E-state index in [4.69, 9.17) is 0 Å². The number of carbonyl (C=O) groups excluding carboxylic acids is 1. The topological polar surface area (TPSA) is 86.4 Å². The van der Waals surface area contributed by atoms with Crippen molar-refractivity contribution < 1.29 is 13.2 Å². The van der Waals surface area contributed by atoms with E-state index in [1.165, 1.54) is 4.31 Å². The lowest BCUT2D eigenvalue weighted by atomic mass is 10.1. The Morgan fingerprint density at radius 3 is 2.50 bits per heavy atom. The van der Waals surface area contributed by atoms with Crippen LogP contribution in [0.15, 0.2) is 53.7 Å². The van der Waals surface area contributed by atoms with E-state index in [9.17, 15) is 13.2 Å². The van der Waals surface area contributed by atoms with Gasteiger partial charge in [0, 0.05) is 37.5 Å². The predicted octanol–water partition coefficient (Wildman–Crippen LogP) is 2.96. The summed E-state index contributed by atoms with van der Waals surface area (Å²) in [4.78, 5) is 22.7. The minimum atomic E-state index is -3.21. The Balaban J connectivity index is 1.44. The van der Waals surface area contributed by atoms with Gasteiger partial charge in [0.15, 0.2) is 5.16 Å². The van der Waals surface area contributed by atoms with Crippen LogP contribution in [0.1, 0.15) is 22.8 Å². The molecule has 9 heteroatoms. The summed E-state index contributed by atoms with van der Waals surface area (Å²) in [6.45, 7) is 3.14. The molecule has 0 spiro atoms. The number of rotatable bonds is 6. The molecule has 0 bridgehead atoms. The molecule has 1 amide bonds. The van der Waals surface area contributed by atoms with Crippen LogP contribution in [-0.2, 0) is 15.8 Å². The Labute approximate surface area is 180 Å². The van der Waals surface area contributed by atoms with Crippen LogP contribution in [-0.4, -0.2) is 65.4 Å². The Kier molecular flexibility index (Phi) is 6.12. The number of nitrogens with zero attached hydrogens (tertiary/aromatic N) is 3.